The van der Waals surface area contributed by atoms with Crippen molar-refractivity contribution in [3.63, 3.8) is 0 Å². The van der Waals surface area contributed by atoms with Crippen molar-refractivity contribution in [2.45, 2.75) is 44.3 Å². The van der Waals surface area contributed by atoms with Crippen LogP contribution in [0.25, 0.3) is 10.2 Å². The van der Waals surface area contributed by atoms with Crippen LogP contribution < -0.4 is 5.32 Å². The van der Waals surface area contributed by atoms with Crippen LogP contribution >= 0.6 is 11.3 Å². The number of nitrogens with zero attached hydrogens (tertiary/aromatic N) is 2. The molecule has 0 spiro atoms. The number of aromatic nitrogens is 1. The van der Waals surface area contributed by atoms with Crippen molar-refractivity contribution in [2.75, 3.05) is 13.1 Å². The first kappa shape index (κ1) is 12.7. The summed E-state index contributed by atoms with van der Waals surface area (Å²) in [6, 6.07) is 9.99. The second-order valence-corrected chi connectivity index (χ2v) is 7.14. The molecule has 1 saturated heterocycles. The third-order valence-electron chi connectivity index (χ3n) is 4.36. The molecule has 1 aromatic carbocycles. The normalized spacial score (nSPS) is 22.9. The minimum Gasteiger partial charge on any atom is -0.313 e. The molecule has 2 heterocycles. The largest absolute Gasteiger partial charge is 0.313 e. The lowest BCUT2D eigenvalue weighted by Gasteiger charge is -2.24. The highest BCUT2D eigenvalue weighted by atomic mass is 32.1. The summed E-state index contributed by atoms with van der Waals surface area (Å²) in [6.07, 6.45) is 5.42. The molecule has 106 valence electrons. The van der Waals surface area contributed by atoms with Crippen molar-refractivity contribution in [1.82, 2.24) is 15.2 Å². The van der Waals surface area contributed by atoms with Gasteiger partial charge in [0.05, 0.1) is 16.8 Å². The van der Waals surface area contributed by atoms with E-state index < -0.39 is 0 Å². The van der Waals surface area contributed by atoms with E-state index in [0.29, 0.717) is 6.04 Å². The highest BCUT2D eigenvalue weighted by molar-refractivity contribution is 7.18. The Kier molecular flexibility index (Phi) is 3.46. The topological polar surface area (TPSA) is 28.2 Å². The van der Waals surface area contributed by atoms with E-state index in [1.807, 2.05) is 11.3 Å². The number of benzene rings is 1. The molecule has 1 N–H and O–H groups in total. The average Bonchev–Trinajstić information content (AvgIpc) is 3.03. The van der Waals surface area contributed by atoms with Gasteiger partial charge in [-0.1, -0.05) is 12.1 Å². The van der Waals surface area contributed by atoms with E-state index in [2.05, 4.69) is 34.5 Å². The van der Waals surface area contributed by atoms with Crippen LogP contribution in [0.2, 0.25) is 0 Å². The van der Waals surface area contributed by atoms with Gasteiger partial charge in [0, 0.05) is 18.6 Å². The van der Waals surface area contributed by atoms with Crippen LogP contribution in [0.3, 0.4) is 0 Å². The van der Waals surface area contributed by atoms with Crippen LogP contribution in [-0.2, 0) is 6.54 Å². The van der Waals surface area contributed by atoms with Gasteiger partial charge in [-0.3, -0.25) is 4.90 Å². The molecular weight excluding hydrogens is 266 g/mol. The van der Waals surface area contributed by atoms with Crippen LogP contribution in [0.5, 0.6) is 0 Å². The van der Waals surface area contributed by atoms with E-state index in [4.69, 9.17) is 4.98 Å². The molecule has 1 atom stereocenters. The number of nitrogens with one attached hydrogen (secondary N) is 1. The van der Waals surface area contributed by atoms with Crippen LogP contribution in [-0.4, -0.2) is 35.1 Å². The number of hydrogen-bond acceptors (Lipinski definition) is 4. The Morgan fingerprint density at radius 1 is 1.25 bits per heavy atom. The minimum atomic E-state index is 0.699. The van der Waals surface area contributed by atoms with Crippen molar-refractivity contribution in [3.8, 4) is 0 Å². The smallest absolute Gasteiger partial charge is 0.108 e. The SMILES string of the molecule is c1ccc2sc(CN(CC3CCCN3)C3CC3)nc2c1. The van der Waals surface area contributed by atoms with Gasteiger partial charge in [0.15, 0.2) is 0 Å². The molecule has 2 fully saturated rings. The fourth-order valence-electron chi connectivity index (χ4n) is 3.14. The molecular formula is C16H21N3S. The maximum Gasteiger partial charge on any atom is 0.108 e. The van der Waals surface area contributed by atoms with E-state index in [1.165, 1.54) is 48.5 Å². The molecule has 0 bridgehead atoms. The highest BCUT2D eigenvalue weighted by Crippen LogP contribution is 2.31. The molecule has 2 aliphatic rings. The zero-order valence-corrected chi connectivity index (χ0v) is 12.5. The van der Waals surface area contributed by atoms with Crippen molar-refractivity contribution < 1.29 is 0 Å². The molecule has 2 aromatic rings. The molecule has 1 saturated carbocycles. The number of para-hydroxylation sites is 1. The van der Waals surface area contributed by atoms with Crippen molar-refractivity contribution in [2.24, 2.45) is 0 Å². The fraction of sp³-hybridized carbons (Fsp3) is 0.562. The molecule has 1 unspecified atom stereocenters. The van der Waals surface area contributed by atoms with Crippen LogP contribution in [0, 0.1) is 0 Å². The standard InChI is InChI=1S/C16H21N3S/c1-2-6-15-14(5-1)18-16(20-15)11-19(13-7-8-13)10-12-4-3-9-17-12/h1-2,5-6,12-13,17H,3-4,7-11H2. The van der Waals surface area contributed by atoms with Crippen molar-refractivity contribution in [3.05, 3.63) is 29.3 Å². The number of rotatable bonds is 5. The van der Waals surface area contributed by atoms with E-state index in [9.17, 15) is 0 Å². The van der Waals surface area contributed by atoms with E-state index in [0.717, 1.165) is 18.1 Å². The molecule has 4 rings (SSSR count). The van der Waals surface area contributed by atoms with Gasteiger partial charge in [-0.25, -0.2) is 4.98 Å². The summed E-state index contributed by atoms with van der Waals surface area (Å²) in [5, 5.41) is 4.90. The van der Waals surface area contributed by atoms with Gasteiger partial charge in [0.2, 0.25) is 0 Å². The van der Waals surface area contributed by atoms with Gasteiger partial charge < -0.3 is 5.32 Å². The number of fused-ring (bicyclic) bond motifs is 1. The lowest BCUT2D eigenvalue weighted by Crippen LogP contribution is -2.38. The van der Waals surface area contributed by atoms with E-state index >= 15 is 0 Å². The van der Waals surface area contributed by atoms with Crippen molar-refractivity contribution in [1.29, 1.82) is 0 Å². The Bertz CT molecular complexity index is 551. The average molecular weight is 287 g/mol. The van der Waals surface area contributed by atoms with Gasteiger partial charge >= 0.3 is 0 Å². The Hall–Kier alpha value is -0.970. The second kappa shape index (κ2) is 5.43. The highest BCUT2D eigenvalue weighted by Gasteiger charge is 2.31. The summed E-state index contributed by atoms with van der Waals surface area (Å²) in [4.78, 5) is 7.45. The molecule has 20 heavy (non-hydrogen) atoms. The lowest BCUT2D eigenvalue weighted by molar-refractivity contribution is 0.231. The van der Waals surface area contributed by atoms with E-state index in [-0.39, 0.29) is 0 Å². The van der Waals surface area contributed by atoms with Gasteiger partial charge in [0.1, 0.15) is 5.01 Å². The molecule has 3 nitrogen and oxygen atoms in total. The molecule has 1 aliphatic heterocycles. The third kappa shape index (κ3) is 2.73. The summed E-state index contributed by atoms with van der Waals surface area (Å²) in [5.41, 5.74) is 1.15. The predicted molar refractivity (Wildman–Crippen MR) is 84.1 cm³/mol. The zero-order chi connectivity index (χ0) is 13.4. The number of thiazole rings is 1. The van der Waals surface area contributed by atoms with Gasteiger partial charge in [-0.15, -0.1) is 11.3 Å². The zero-order valence-electron chi connectivity index (χ0n) is 11.7. The van der Waals surface area contributed by atoms with Crippen molar-refractivity contribution >= 4 is 21.6 Å². The van der Waals surface area contributed by atoms with Gasteiger partial charge in [-0.2, -0.15) is 0 Å². The maximum atomic E-state index is 4.79. The second-order valence-electron chi connectivity index (χ2n) is 6.03. The fourth-order valence-corrected chi connectivity index (χ4v) is 4.13. The van der Waals surface area contributed by atoms with E-state index in [1.54, 1.807) is 0 Å². The number of hydrogen-bond donors (Lipinski definition) is 1. The van der Waals surface area contributed by atoms with Crippen LogP contribution in [0.1, 0.15) is 30.7 Å². The van der Waals surface area contributed by atoms with Crippen LogP contribution in [0.15, 0.2) is 24.3 Å². The monoisotopic (exact) mass is 287 g/mol. The molecule has 0 amide bonds. The Balaban J connectivity index is 1.49. The summed E-state index contributed by atoms with van der Waals surface area (Å²) in [6.45, 7) is 3.42. The first-order chi connectivity index (χ1) is 9.88. The summed E-state index contributed by atoms with van der Waals surface area (Å²) in [5.74, 6) is 0. The Morgan fingerprint density at radius 2 is 2.15 bits per heavy atom. The van der Waals surface area contributed by atoms with Gasteiger partial charge in [-0.05, 0) is 44.4 Å². The molecule has 1 aliphatic carbocycles. The third-order valence-corrected chi connectivity index (χ3v) is 5.38. The quantitative estimate of drug-likeness (QED) is 0.916. The first-order valence-corrected chi connectivity index (χ1v) is 8.52. The van der Waals surface area contributed by atoms with Crippen LogP contribution in [0.4, 0.5) is 0 Å². The maximum absolute atomic E-state index is 4.79. The Labute approximate surface area is 124 Å². The molecule has 1 aromatic heterocycles. The Morgan fingerprint density at radius 3 is 2.90 bits per heavy atom. The lowest BCUT2D eigenvalue weighted by atomic mass is 10.2. The van der Waals surface area contributed by atoms with Gasteiger partial charge in [0.25, 0.3) is 0 Å². The minimum absolute atomic E-state index is 0.699. The molecule has 0 radical (unpaired) electrons. The molecule has 4 heteroatoms. The first-order valence-electron chi connectivity index (χ1n) is 7.70. The summed E-state index contributed by atoms with van der Waals surface area (Å²) in [7, 11) is 0. The predicted octanol–water partition coefficient (Wildman–Crippen LogP) is 3.01. The summed E-state index contributed by atoms with van der Waals surface area (Å²) < 4.78 is 1.32. The summed E-state index contributed by atoms with van der Waals surface area (Å²) >= 11 is 1.86.